The Bertz CT molecular complexity index is 1010. The first-order chi connectivity index (χ1) is 13.6. The maximum Gasteiger partial charge on any atom is 0.271 e. The van der Waals surface area contributed by atoms with Crippen LogP contribution >= 0.6 is 23.2 Å². The van der Waals surface area contributed by atoms with Crippen LogP contribution in [-0.2, 0) is 0 Å². The van der Waals surface area contributed by atoms with Gasteiger partial charge in [-0.1, -0.05) is 35.3 Å². The first-order valence-electron chi connectivity index (χ1n) is 9.52. The Kier molecular flexibility index (Phi) is 6.06. The second-order valence-corrected chi connectivity index (χ2v) is 8.86. The fourth-order valence-electron chi connectivity index (χ4n) is 3.96. The first kappa shape index (κ1) is 21.4. The Morgan fingerprint density at radius 1 is 1.14 bits per heavy atom. The Morgan fingerprint density at radius 2 is 1.86 bits per heavy atom. The Hall–Kier alpha value is -2.30. The van der Waals surface area contributed by atoms with Gasteiger partial charge in [0.25, 0.3) is 5.91 Å². The molecule has 2 aromatic rings. The molecule has 3 rings (SSSR count). The number of nitrogens with one attached hydrogen (secondary N) is 1. The summed E-state index contributed by atoms with van der Waals surface area (Å²) in [4.78, 5) is 14.6. The van der Waals surface area contributed by atoms with Crippen LogP contribution in [0.5, 0.6) is 0 Å². The predicted molar refractivity (Wildman–Crippen MR) is 123 cm³/mol. The molecular weight excluding hydrogens is 405 g/mol. The molecule has 0 unspecified atom stereocenters. The third kappa shape index (κ3) is 4.49. The van der Waals surface area contributed by atoms with Crippen LogP contribution in [0.15, 0.2) is 47.6 Å². The second-order valence-electron chi connectivity index (χ2n) is 8.05. The number of halogens is 2. The van der Waals surface area contributed by atoms with Crippen molar-refractivity contribution in [1.29, 1.82) is 0 Å². The van der Waals surface area contributed by atoms with Crippen molar-refractivity contribution >= 4 is 46.6 Å². The highest BCUT2D eigenvalue weighted by Crippen LogP contribution is 2.40. The van der Waals surface area contributed by atoms with E-state index in [1.165, 1.54) is 22.9 Å². The zero-order valence-corrected chi connectivity index (χ0v) is 18.8. The van der Waals surface area contributed by atoms with Gasteiger partial charge in [-0.2, -0.15) is 5.10 Å². The minimum atomic E-state index is -0.346. The highest BCUT2D eigenvalue weighted by Gasteiger charge is 2.32. The zero-order valence-electron chi connectivity index (χ0n) is 17.3. The van der Waals surface area contributed by atoms with E-state index in [0.717, 1.165) is 5.56 Å². The number of hydrazone groups is 1. The van der Waals surface area contributed by atoms with Crippen LogP contribution in [-0.4, -0.2) is 23.7 Å². The Balaban J connectivity index is 1.80. The molecule has 0 bridgehead atoms. The number of hydrogen-bond donors (Lipinski definition) is 1. The van der Waals surface area contributed by atoms with E-state index in [-0.39, 0.29) is 11.4 Å². The second kappa shape index (κ2) is 8.21. The Labute approximate surface area is 182 Å². The normalized spacial score (nSPS) is 15.4. The van der Waals surface area contributed by atoms with E-state index in [2.05, 4.69) is 68.3 Å². The summed E-state index contributed by atoms with van der Waals surface area (Å²) in [6, 6.07) is 11.3. The van der Waals surface area contributed by atoms with Gasteiger partial charge in [-0.3, -0.25) is 4.79 Å². The summed E-state index contributed by atoms with van der Waals surface area (Å²) in [7, 11) is 0. The molecule has 0 aromatic heterocycles. The number of hydrogen-bond acceptors (Lipinski definition) is 3. The number of allylic oxidation sites excluding steroid dienone is 1. The van der Waals surface area contributed by atoms with E-state index in [1.807, 2.05) is 6.07 Å². The highest BCUT2D eigenvalue weighted by atomic mass is 35.5. The molecule has 6 heteroatoms. The van der Waals surface area contributed by atoms with Gasteiger partial charge in [0.1, 0.15) is 0 Å². The quantitative estimate of drug-likeness (QED) is 0.466. The minimum absolute atomic E-state index is 0.0469. The summed E-state index contributed by atoms with van der Waals surface area (Å²) in [5.74, 6) is -0.346. The summed E-state index contributed by atoms with van der Waals surface area (Å²) in [6.07, 6.45) is 3.94. The predicted octanol–water partition coefficient (Wildman–Crippen LogP) is 6.17. The average molecular weight is 430 g/mol. The topological polar surface area (TPSA) is 44.7 Å². The smallest absolute Gasteiger partial charge is 0.271 e. The van der Waals surface area contributed by atoms with Crippen LogP contribution in [0.2, 0.25) is 10.0 Å². The molecule has 152 valence electrons. The van der Waals surface area contributed by atoms with Gasteiger partial charge in [0.2, 0.25) is 0 Å². The number of fused-ring (bicyclic) bond motifs is 1. The molecule has 0 saturated carbocycles. The average Bonchev–Trinajstić information content (AvgIpc) is 2.63. The molecule has 1 aliphatic rings. The van der Waals surface area contributed by atoms with Gasteiger partial charge >= 0.3 is 0 Å². The number of rotatable bonds is 4. The van der Waals surface area contributed by atoms with Crippen molar-refractivity contribution in [3.8, 4) is 0 Å². The third-order valence-electron chi connectivity index (χ3n) is 4.97. The van der Waals surface area contributed by atoms with Crippen molar-refractivity contribution in [2.24, 2.45) is 5.10 Å². The summed E-state index contributed by atoms with van der Waals surface area (Å²) >= 11 is 11.8. The van der Waals surface area contributed by atoms with Crippen LogP contribution in [0.25, 0.3) is 5.57 Å². The molecule has 0 spiro atoms. The molecule has 29 heavy (non-hydrogen) atoms. The van der Waals surface area contributed by atoms with Gasteiger partial charge in [0.15, 0.2) is 0 Å². The van der Waals surface area contributed by atoms with Gasteiger partial charge in [-0.15, -0.1) is 0 Å². The van der Waals surface area contributed by atoms with Crippen molar-refractivity contribution in [3.63, 3.8) is 0 Å². The number of amides is 1. The van der Waals surface area contributed by atoms with E-state index < -0.39 is 0 Å². The molecule has 1 amide bonds. The maximum absolute atomic E-state index is 12.2. The lowest BCUT2D eigenvalue weighted by atomic mass is 9.87. The summed E-state index contributed by atoms with van der Waals surface area (Å²) in [6.45, 7) is 11.0. The van der Waals surface area contributed by atoms with Crippen molar-refractivity contribution in [2.45, 2.75) is 46.2 Å². The number of nitrogens with zero attached hydrogens (tertiary/aromatic N) is 2. The highest BCUT2D eigenvalue weighted by molar-refractivity contribution is 6.42. The van der Waals surface area contributed by atoms with Gasteiger partial charge in [-0.05, 0) is 76.1 Å². The van der Waals surface area contributed by atoms with E-state index in [9.17, 15) is 4.79 Å². The van der Waals surface area contributed by atoms with Gasteiger partial charge in [0.05, 0.1) is 21.8 Å². The number of carbonyl (C=O) groups excluding carboxylic acids is 1. The lowest BCUT2D eigenvalue weighted by Crippen LogP contribution is -2.49. The minimum Gasteiger partial charge on any atom is -0.360 e. The molecule has 1 N–H and O–H groups in total. The molecule has 0 saturated heterocycles. The van der Waals surface area contributed by atoms with E-state index >= 15 is 0 Å². The number of carbonyl (C=O) groups is 1. The number of anilines is 1. The van der Waals surface area contributed by atoms with Crippen LogP contribution in [0.3, 0.4) is 0 Å². The monoisotopic (exact) mass is 429 g/mol. The van der Waals surface area contributed by atoms with Crippen LogP contribution in [0.4, 0.5) is 5.69 Å². The third-order valence-corrected chi connectivity index (χ3v) is 5.71. The molecule has 0 radical (unpaired) electrons. The molecule has 1 aliphatic heterocycles. The van der Waals surface area contributed by atoms with E-state index in [1.54, 1.807) is 18.3 Å². The molecule has 1 heterocycles. The summed E-state index contributed by atoms with van der Waals surface area (Å²) < 4.78 is 0. The molecule has 0 atom stereocenters. The molecule has 0 aliphatic carbocycles. The summed E-state index contributed by atoms with van der Waals surface area (Å²) in [5, 5.41) is 4.83. The van der Waals surface area contributed by atoms with Gasteiger partial charge in [0, 0.05) is 22.9 Å². The molecular formula is C23H25Cl2N3O. The van der Waals surface area contributed by atoms with E-state index in [0.29, 0.717) is 21.7 Å². The summed E-state index contributed by atoms with van der Waals surface area (Å²) in [5.41, 5.74) is 7.41. The molecule has 2 aromatic carbocycles. The Morgan fingerprint density at radius 3 is 2.52 bits per heavy atom. The SMILES string of the molecule is CC1=CC(C)(C)N(C(C)C)c2ccc(/C=N/NC(=O)c3ccc(Cl)c(Cl)c3)cc21. The van der Waals surface area contributed by atoms with Crippen molar-refractivity contribution < 1.29 is 4.79 Å². The van der Waals surface area contributed by atoms with Crippen molar-refractivity contribution in [3.05, 3.63) is 69.2 Å². The number of benzene rings is 2. The van der Waals surface area contributed by atoms with Crippen molar-refractivity contribution in [2.75, 3.05) is 4.90 Å². The fourth-order valence-corrected chi connectivity index (χ4v) is 4.26. The van der Waals surface area contributed by atoms with Gasteiger partial charge < -0.3 is 4.90 Å². The van der Waals surface area contributed by atoms with Crippen LogP contribution in [0, 0.1) is 0 Å². The van der Waals surface area contributed by atoms with Gasteiger partial charge in [-0.25, -0.2) is 5.43 Å². The fraction of sp³-hybridized carbons (Fsp3) is 0.304. The first-order valence-corrected chi connectivity index (χ1v) is 10.3. The molecule has 4 nitrogen and oxygen atoms in total. The standard InChI is InChI=1S/C23H25Cl2N3O/c1-14(2)28-21-9-6-16(10-18(21)15(3)12-23(28,4)5)13-26-27-22(29)17-7-8-19(24)20(25)11-17/h6-14H,1-5H3,(H,27,29)/b26-13+. The maximum atomic E-state index is 12.2. The van der Waals surface area contributed by atoms with Crippen LogP contribution in [0.1, 0.15) is 56.1 Å². The lowest BCUT2D eigenvalue weighted by molar-refractivity contribution is 0.0955. The molecule has 0 fully saturated rings. The lowest BCUT2D eigenvalue weighted by Gasteiger charge is -2.46. The van der Waals surface area contributed by atoms with Crippen LogP contribution < -0.4 is 10.3 Å². The zero-order chi connectivity index (χ0) is 21.3. The largest absolute Gasteiger partial charge is 0.360 e. The van der Waals surface area contributed by atoms with E-state index in [4.69, 9.17) is 23.2 Å². The van der Waals surface area contributed by atoms with Crippen molar-refractivity contribution in [1.82, 2.24) is 5.43 Å².